The van der Waals surface area contributed by atoms with Crippen LogP contribution >= 0.6 is 12.4 Å². The van der Waals surface area contributed by atoms with Crippen molar-refractivity contribution in [1.82, 2.24) is 5.32 Å². The molecule has 0 bridgehead atoms. The van der Waals surface area contributed by atoms with Gasteiger partial charge < -0.3 is 11.1 Å². The quantitative estimate of drug-likeness (QED) is 0.783. The zero-order valence-corrected chi connectivity index (χ0v) is 11.0. The van der Waals surface area contributed by atoms with Gasteiger partial charge in [-0.2, -0.15) is 0 Å². The molecule has 1 aromatic rings. The number of carbonyl (C=O) groups is 1. The summed E-state index contributed by atoms with van der Waals surface area (Å²) in [4.78, 5) is 11.6. The van der Waals surface area contributed by atoms with Gasteiger partial charge in [0, 0.05) is 18.5 Å². The summed E-state index contributed by atoms with van der Waals surface area (Å²) in [6.45, 7) is 0.0893. The van der Waals surface area contributed by atoms with E-state index in [-0.39, 0.29) is 30.6 Å². The van der Waals surface area contributed by atoms with Crippen molar-refractivity contribution in [2.45, 2.75) is 0 Å². The highest BCUT2D eigenvalue weighted by atomic mass is 35.5. The summed E-state index contributed by atoms with van der Waals surface area (Å²) in [5.74, 6) is -0.437. The van der Waals surface area contributed by atoms with Crippen molar-refractivity contribution < 1.29 is 13.2 Å². The number of hydrogen-bond donors (Lipinski definition) is 2. The van der Waals surface area contributed by atoms with Crippen molar-refractivity contribution >= 4 is 33.8 Å². The van der Waals surface area contributed by atoms with Crippen LogP contribution in [0.3, 0.4) is 0 Å². The molecule has 0 heterocycles. The molecule has 3 N–H and O–H groups in total. The van der Waals surface area contributed by atoms with Crippen LogP contribution in [0.25, 0.3) is 0 Å². The van der Waals surface area contributed by atoms with E-state index in [1.807, 2.05) is 0 Å². The maximum absolute atomic E-state index is 11.6. The number of benzene rings is 1. The molecule has 0 aliphatic heterocycles. The maximum atomic E-state index is 11.6. The van der Waals surface area contributed by atoms with Gasteiger partial charge in [0.2, 0.25) is 0 Å². The molecule has 1 amide bonds. The third kappa shape index (κ3) is 5.55. The van der Waals surface area contributed by atoms with Gasteiger partial charge in [0.25, 0.3) is 5.91 Å². The average molecular weight is 279 g/mol. The summed E-state index contributed by atoms with van der Waals surface area (Å²) >= 11 is 0. The van der Waals surface area contributed by atoms with Crippen LogP contribution in [0.1, 0.15) is 10.4 Å². The molecule has 96 valence electrons. The number of nitrogen functional groups attached to an aromatic ring is 1. The SMILES string of the molecule is CS(=O)(=O)CCNC(=O)c1ccccc1N.Cl. The number of hydrogen-bond acceptors (Lipinski definition) is 4. The van der Waals surface area contributed by atoms with Crippen molar-refractivity contribution in [3.8, 4) is 0 Å². The van der Waals surface area contributed by atoms with E-state index in [0.29, 0.717) is 11.3 Å². The number of nitrogens with one attached hydrogen (secondary N) is 1. The summed E-state index contributed by atoms with van der Waals surface area (Å²) < 4.78 is 21.7. The maximum Gasteiger partial charge on any atom is 0.253 e. The van der Waals surface area contributed by atoms with Gasteiger partial charge in [-0.3, -0.25) is 4.79 Å². The highest BCUT2D eigenvalue weighted by Gasteiger charge is 2.09. The Hall–Kier alpha value is -1.27. The Morgan fingerprint density at radius 1 is 1.35 bits per heavy atom. The van der Waals surface area contributed by atoms with Gasteiger partial charge in [0.15, 0.2) is 0 Å². The van der Waals surface area contributed by atoms with Gasteiger partial charge in [-0.05, 0) is 12.1 Å². The predicted octanol–water partition coefficient (Wildman–Crippen LogP) is 0.465. The molecule has 0 aliphatic rings. The first kappa shape index (κ1) is 15.7. The first-order chi connectivity index (χ1) is 7.40. The van der Waals surface area contributed by atoms with Gasteiger partial charge in [0.05, 0.1) is 11.3 Å². The summed E-state index contributed by atoms with van der Waals surface area (Å²) in [6.07, 6.45) is 1.12. The number of rotatable bonds is 4. The van der Waals surface area contributed by atoms with Crippen LogP contribution in [0.4, 0.5) is 5.69 Å². The van der Waals surface area contributed by atoms with Crippen LogP contribution < -0.4 is 11.1 Å². The number of amides is 1. The Balaban J connectivity index is 0.00000256. The van der Waals surface area contributed by atoms with E-state index in [1.54, 1.807) is 24.3 Å². The van der Waals surface area contributed by atoms with Gasteiger partial charge in [-0.1, -0.05) is 12.1 Å². The Bertz CT molecular complexity index is 488. The van der Waals surface area contributed by atoms with Crippen molar-refractivity contribution in [3.05, 3.63) is 29.8 Å². The Morgan fingerprint density at radius 2 is 1.94 bits per heavy atom. The van der Waals surface area contributed by atoms with Crippen LogP contribution in [0.5, 0.6) is 0 Å². The molecule has 0 saturated carbocycles. The van der Waals surface area contributed by atoms with Crippen LogP contribution in [-0.2, 0) is 9.84 Å². The molecule has 5 nitrogen and oxygen atoms in total. The molecular weight excluding hydrogens is 264 g/mol. The lowest BCUT2D eigenvalue weighted by Crippen LogP contribution is -2.29. The second kappa shape index (κ2) is 6.46. The first-order valence-corrected chi connectivity index (χ1v) is 6.76. The van der Waals surface area contributed by atoms with Crippen molar-refractivity contribution in [2.24, 2.45) is 0 Å². The van der Waals surface area contributed by atoms with Crippen LogP contribution in [0, 0.1) is 0 Å². The van der Waals surface area contributed by atoms with E-state index in [9.17, 15) is 13.2 Å². The minimum atomic E-state index is -3.06. The third-order valence-electron chi connectivity index (χ3n) is 1.96. The van der Waals surface area contributed by atoms with E-state index in [2.05, 4.69) is 5.32 Å². The highest BCUT2D eigenvalue weighted by molar-refractivity contribution is 7.90. The van der Waals surface area contributed by atoms with Crippen LogP contribution in [0.15, 0.2) is 24.3 Å². The normalized spacial score (nSPS) is 10.4. The molecule has 0 unspecified atom stereocenters. The van der Waals surface area contributed by atoms with E-state index in [1.165, 1.54) is 0 Å². The van der Waals surface area contributed by atoms with Crippen molar-refractivity contribution in [1.29, 1.82) is 0 Å². The summed E-state index contributed by atoms with van der Waals surface area (Å²) in [5.41, 5.74) is 6.33. The molecule has 17 heavy (non-hydrogen) atoms. The molecular formula is C10H15ClN2O3S. The lowest BCUT2D eigenvalue weighted by Gasteiger charge is -2.06. The Kier molecular flexibility index (Phi) is 5.98. The number of anilines is 1. The lowest BCUT2D eigenvalue weighted by atomic mass is 10.2. The second-order valence-electron chi connectivity index (χ2n) is 3.47. The molecule has 1 rings (SSSR count). The van der Waals surface area contributed by atoms with Gasteiger partial charge in [-0.25, -0.2) is 8.42 Å². The molecule has 0 aromatic heterocycles. The fourth-order valence-electron chi connectivity index (χ4n) is 1.15. The van der Waals surface area contributed by atoms with E-state index >= 15 is 0 Å². The monoisotopic (exact) mass is 278 g/mol. The van der Waals surface area contributed by atoms with Crippen LogP contribution in [-0.4, -0.2) is 32.9 Å². The second-order valence-corrected chi connectivity index (χ2v) is 5.73. The number of halogens is 1. The van der Waals surface area contributed by atoms with E-state index < -0.39 is 9.84 Å². The van der Waals surface area contributed by atoms with E-state index in [4.69, 9.17) is 5.73 Å². The lowest BCUT2D eigenvalue weighted by molar-refractivity contribution is 0.0957. The summed E-state index contributed by atoms with van der Waals surface area (Å²) in [6, 6.07) is 6.63. The van der Waals surface area contributed by atoms with Crippen molar-refractivity contribution in [2.75, 3.05) is 24.3 Å². The topological polar surface area (TPSA) is 89.3 Å². The fourth-order valence-corrected chi connectivity index (χ4v) is 1.62. The molecule has 0 fully saturated rings. The summed E-state index contributed by atoms with van der Waals surface area (Å²) in [7, 11) is -3.06. The first-order valence-electron chi connectivity index (χ1n) is 4.70. The average Bonchev–Trinajstić information content (AvgIpc) is 2.16. The minimum Gasteiger partial charge on any atom is -0.398 e. The minimum absolute atomic E-state index is 0. The molecule has 0 radical (unpaired) electrons. The van der Waals surface area contributed by atoms with Gasteiger partial charge in [0.1, 0.15) is 9.84 Å². The molecule has 0 spiro atoms. The molecule has 1 aromatic carbocycles. The summed E-state index contributed by atoms with van der Waals surface area (Å²) in [5, 5.41) is 2.50. The van der Waals surface area contributed by atoms with Crippen LogP contribution in [0.2, 0.25) is 0 Å². The highest BCUT2D eigenvalue weighted by Crippen LogP contribution is 2.09. The number of carbonyl (C=O) groups excluding carboxylic acids is 1. The molecule has 0 atom stereocenters. The molecule has 7 heteroatoms. The number of nitrogens with two attached hydrogens (primary N) is 1. The standard InChI is InChI=1S/C10H14N2O3S.ClH/c1-16(14,15)7-6-12-10(13)8-4-2-3-5-9(8)11;/h2-5H,6-7,11H2,1H3,(H,12,13);1H. The Labute approximate surface area is 107 Å². The van der Waals surface area contributed by atoms with Gasteiger partial charge in [-0.15, -0.1) is 12.4 Å². The van der Waals surface area contributed by atoms with E-state index in [0.717, 1.165) is 6.26 Å². The number of sulfone groups is 1. The zero-order valence-electron chi connectivity index (χ0n) is 9.34. The smallest absolute Gasteiger partial charge is 0.253 e. The zero-order chi connectivity index (χ0) is 12.2. The van der Waals surface area contributed by atoms with Crippen molar-refractivity contribution in [3.63, 3.8) is 0 Å². The fraction of sp³-hybridized carbons (Fsp3) is 0.300. The third-order valence-corrected chi connectivity index (χ3v) is 2.91. The Morgan fingerprint density at radius 3 is 2.47 bits per heavy atom. The molecule has 0 saturated heterocycles. The number of para-hydroxylation sites is 1. The van der Waals surface area contributed by atoms with Gasteiger partial charge >= 0.3 is 0 Å². The molecule has 0 aliphatic carbocycles. The largest absolute Gasteiger partial charge is 0.398 e. The predicted molar refractivity (Wildman–Crippen MR) is 70.1 cm³/mol.